The van der Waals surface area contributed by atoms with Crippen LogP contribution in [0.2, 0.25) is 0 Å². The highest BCUT2D eigenvalue weighted by Gasteiger charge is 2.16. The lowest BCUT2D eigenvalue weighted by Gasteiger charge is -2.15. The van der Waals surface area contributed by atoms with Crippen LogP contribution in [0.15, 0.2) is 39.8 Å². The van der Waals surface area contributed by atoms with Crippen LogP contribution in [0.4, 0.5) is 0 Å². The molecule has 1 unspecified atom stereocenters. The van der Waals surface area contributed by atoms with E-state index < -0.39 is 5.76 Å². The van der Waals surface area contributed by atoms with Crippen molar-refractivity contribution in [2.45, 2.75) is 26.4 Å². The maximum Gasteiger partial charge on any atom is 0.417 e. The van der Waals surface area contributed by atoms with Crippen molar-refractivity contribution in [2.75, 3.05) is 0 Å². The number of rotatable bonds is 4. The number of aromatic amines is 1. The minimum absolute atomic E-state index is 0.221. The van der Waals surface area contributed by atoms with E-state index in [0.717, 1.165) is 12.4 Å². The number of nitrogens with one attached hydrogen (secondary N) is 2. The van der Waals surface area contributed by atoms with Gasteiger partial charge in [-0.25, -0.2) is 9.78 Å². The molecule has 0 bridgehead atoms. The third-order valence-corrected chi connectivity index (χ3v) is 3.50. The van der Waals surface area contributed by atoms with Gasteiger partial charge in [0.05, 0.1) is 11.6 Å². The molecule has 2 heterocycles. The number of hydrogen-bond donors (Lipinski definition) is 2. The summed E-state index contributed by atoms with van der Waals surface area (Å²) in [7, 11) is 0. The lowest BCUT2D eigenvalue weighted by Crippen LogP contribution is -2.28. The molecule has 0 fully saturated rings. The summed E-state index contributed by atoms with van der Waals surface area (Å²) in [5, 5.41) is 2.90. The third kappa shape index (κ3) is 2.52. The number of carbonyl (C=O) groups excluding carboxylic acids is 1. The third-order valence-electron chi connectivity index (χ3n) is 3.50. The van der Waals surface area contributed by atoms with Crippen molar-refractivity contribution in [2.24, 2.45) is 0 Å². The van der Waals surface area contributed by atoms with Crippen molar-refractivity contribution >= 4 is 17.0 Å². The fourth-order valence-electron chi connectivity index (χ4n) is 2.41. The van der Waals surface area contributed by atoms with E-state index in [1.54, 1.807) is 24.4 Å². The predicted molar refractivity (Wildman–Crippen MR) is 80.6 cm³/mol. The van der Waals surface area contributed by atoms with E-state index in [2.05, 4.69) is 15.3 Å². The second kappa shape index (κ2) is 5.51. The molecule has 3 rings (SSSR count). The molecule has 0 spiro atoms. The molecule has 22 heavy (non-hydrogen) atoms. The number of imidazole rings is 1. The molecule has 2 aromatic heterocycles. The number of aromatic nitrogens is 3. The fraction of sp³-hybridized carbons (Fsp3) is 0.267. The molecule has 0 radical (unpaired) electrons. The molecule has 0 aliphatic carbocycles. The minimum atomic E-state index is -0.536. The van der Waals surface area contributed by atoms with Crippen LogP contribution in [0.25, 0.3) is 11.1 Å². The Balaban J connectivity index is 1.82. The summed E-state index contributed by atoms with van der Waals surface area (Å²) in [5.74, 6) is 0.0293. The lowest BCUT2D eigenvalue weighted by atomic mass is 10.2. The van der Waals surface area contributed by atoms with E-state index in [0.29, 0.717) is 16.7 Å². The van der Waals surface area contributed by atoms with Crippen molar-refractivity contribution in [3.8, 4) is 0 Å². The number of amides is 1. The minimum Gasteiger partial charge on any atom is -0.408 e. The van der Waals surface area contributed by atoms with E-state index in [1.165, 1.54) is 0 Å². The summed E-state index contributed by atoms with van der Waals surface area (Å²) < 4.78 is 6.89. The summed E-state index contributed by atoms with van der Waals surface area (Å²) in [6.07, 6.45) is 3.59. The first-order valence-electron chi connectivity index (χ1n) is 7.03. The van der Waals surface area contributed by atoms with Crippen LogP contribution in [-0.4, -0.2) is 20.4 Å². The number of H-pyrrole nitrogens is 1. The zero-order valence-electron chi connectivity index (χ0n) is 12.3. The van der Waals surface area contributed by atoms with Crippen LogP contribution in [0.1, 0.15) is 36.1 Å². The van der Waals surface area contributed by atoms with E-state index in [-0.39, 0.29) is 11.9 Å². The van der Waals surface area contributed by atoms with Gasteiger partial charge in [0.1, 0.15) is 5.82 Å². The first-order chi connectivity index (χ1) is 10.6. The first kappa shape index (κ1) is 14.1. The molecular formula is C15H16N4O3. The zero-order valence-corrected chi connectivity index (χ0v) is 12.3. The average molecular weight is 300 g/mol. The number of carbonyl (C=O) groups is 1. The Morgan fingerprint density at radius 2 is 2.32 bits per heavy atom. The molecule has 7 heteroatoms. The summed E-state index contributed by atoms with van der Waals surface area (Å²) in [6.45, 7) is 4.69. The van der Waals surface area contributed by atoms with Crippen molar-refractivity contribution in [3.05, 3.63) is 52.5 Å². The molecule has 0 aliphatic heterocycles. The quantitative estimate of drug-likeness (QED) is 0.768. The van der Waals surface area contributed by atoms with E-state index in [4.69, 9.17) is 4.42 Å². The predicted octanol–water partition coefficient (Wildman–Crippen LogP) is 1.83. The number of aryl methyl sites for hydroxylation is 1. The van der Waals surface area contributed by atoms with Gasteiger partial charge in [-0.15, -0.1) is 0 Å². The van der Waals surface area contributed by atoms with Gasteiger partial charge in [-0.2, -0.15) is 0 Å². The van der Waals surface area contributed by atoms with Crippen LogP contribution in [-0.2, 0) is 6.54 Å². The van der Waals surface area contributed by atoms with E-state index in [9.17, 15) is 9.59 Å². The Morgan fingerprint density at radius 3 is 3.09 bits per heavy atom. The monoisotopic (exact) mass is 300 g/mol. The molecule has 0 aliphatic rings. The highest BCUT2D eigenvalue weighted by molar-refractivity contribution is 5.97. The molecule has 1 aromatic carbocycles. The Hall–Kier alpha value is -2.83. The molecule has 1 atom stereocenters. The van der Waals surface area contributed by atoms with Gasteiger partial charge in [-0.05, 0) is 32.0 Å². The largest absolute Gasteiger partial charge is 0.417 e. The standard InChI is InChI=1S/C15H16N4O3/c1-3-19-7-6-16-13(19)9(2)17-14(20)10-4-5-12-11(8-10)18-15(21)22-12/h4-9H,3H2,1-2H3,(H,17,20)(H,18,21). The second-order valence-electron chi connectivity index (χ2n) is 4.99. The van der Waals surface area contributed by atoms with Gasteiger partial charge in [-0.1, -0.05) is 0 Å². The summed E-state index contributed by atoms with van der Waals surface area (Å²) in [6, 6.07) is 4.59. The van der Waals surface area contributed by atoms with Crippen LogP contribution >= 0.6 is 0 Å². The van der Waals surface area contributed by atoms with Gasteiger partial charge >= 0.3 is 5.76 Å². The average Bonchev–Trinajstić information content (AvgIpc) is 3.10. The molecular weight excluding hydrogens is 284 g/mol. The molecule has 2 N–H and O–H groups in total. The molecule has 114 valence electrons. The summed E-state index contributed by atoms with van der Waals surface area (Å²) in [5.41, 5.74) is 1.38. The topological polar surface area (TPSA) is 92.9 Å². The summed E-state index contributed by atoms with van der Waals surface area (Å²) in [4.78, 5) is 30.3. The number of oxazole rings is 1. The number of benzene rings is 1. The molecule has 3 aromatic rings. The van der Waals surface area contributed by atoms with E-state index >= 15 is 0 Å². The van der Waals surface area contributed by atoms with Gasteiger partial charge in [0, 0.05) is 24.5 Å². The van der Waals surface area contributed by atoms with E-state index in [1.807, 2.05) is 24.6 Å². The van der Waals surface area contributed by atoms with Gasteiger partial charge in [0.25, 0.3) is 5.91 Å². The van der Waals surface area contributed by atoms with Crippen molar-refractivity contribution < 1.29 is 9.21 Å². The van der Waals surface area contributed by atoms with Crippen molar-refractivity contribution in [1.82, 2.24) is 19.9 Å². The van der Waals surface area contributed by atoms with Crippen LogP contribution in [0.3, 0.4) is 0 Å². The van der Waals surface area contributed by atoms with Gasteiger partial charge in [0.2, 0.25) is 0 Å². The van der Waals surface area contributed by atoms with Crippen LogP contribution in [0.5, 0.6) is 0 Å². The highest BCUT2D eigenvalue weighted by Crippen LogP contribution is 2.15. The number of hydrogen-bond acceptors (Lipinski definition) is 4. The Morgan fingerprint density at radius 1 is 1.50 bits per heavy atom. The Kier molecular flexibility index (Phi) is 3.54. The van der Waals surface area contributed by atoms with Crippen LogP contribution < -0.4 is 11.1 Å². The maximum atomic E-state index is 12.3. The Bertz CT molecular complexity index is 874. The highest BCUT2D eigenvalue weighted by atomic mass is 16.4. The molecule has 1 amide bonds. The SMILES string of the molecule is CCn1ccnc1C(C)NC(=O)c1ccc2oc(=O)[nH]c2c1. The first-order valence-corrected chi connectivity index (χ1v) is 7.03. The molecule has 7 nitrogen and oxygen atoms in total. The van der Waals surface area contributed by atoms with Gasteiger partial charge in [0.15, 0.2) is 5.58 Å². The fourth-order valence-corrected chi connectivity index (χ4v) is 2.41. The summed E-state index contributed by atoms with van der Waals surface area (Å²) >= 11 is 0. The van der Waals surface area contributed by atoms with Gasteiger partial charge < -0.3 is 14.3 Å². The number of nitrogens with zero attached hydrogens (tertiary/aromatic N) is 2. The normalized spacial score (nSPS) is 12.5. The lowest BCUT2D eigenvalue weighted by molar-refractivity contribution is 0.0937. The van der Waals surface area contributed by atoms with Crippen molar-refractivity contribution in [3.63, 3.8) is 0 Å². The van der Waals surface area contributed by atoms with Crippen LogP contribution in [0, 0.1) is 0 Å². The maximum absolute atomic E-state index is 12.3. The van der Waals surface area contributed by atoms with Crippen molar-refractivity contribution in [1.29, 1.82) is 0 Å². The molecule has 0 saturated carbocycles. The molecule has 0 saturated heterocycles. The number of fused-ring (bicyclic) bond motifs is 1. The Labute approximate surface area is 126 Å². The second-order valence-corrected chi connectivity index (χ2v) is 4.99. The smallest absolute Gasteiger partial charge is 0.408 e. The zero-order chi connectivity index (χ0) is 15.7. The van der Waals surface area contributed by atoms with Gasteiger partial charge in [-0.3, -0.25) is 9.78 Å².